The highest BCUT2D eigenvalue weighted by Gasteiger charge is 2.26. The lowest BCUT2D eigenvalue weighted by molar-refractivity contribution is 0.199. The predicted molar refractivity (Wildman–Crippen MR) is 82.0 cm³/mol. The van der Waals surface area contributed by atoms with E-state index in [2.05, 4.69) is 44.2 Å². The molecule has 0 fully saturated rings. The summed E-state index contributed by atoms with van der Waals surface area (Å²) in [5.74, 6) is 1.35. The summed E-state index contributed by atoms with van der Waals surface area (Å²) in [7, 11) is 0. The lowest BCUT2D eigenvalue weighted by Gasteiger charge is -2.30. The molecule has 2 unspecified atom stereocenters. The SMILES string of the molecule is Cc1ccc(C(N)C2COc3ccccc3C2)c(C)c1. The highest BCUT2D eigenvalue weighted by molar-refractivity contribution is 5.37. The summed E-state index contributed by atoms with van der Waals surface area (Å²) >= 11 is 0. The van der Waals surface area contributed by atoms with Crippen LogP contribution in [0, 0.1) is 19.8 Å². The van der Waals surface area contributed by atoms with Crippen LogP contribution in [-0.4, -0.2) is 6.61 Å². The van der Waals surface area contributed by atoms with Crippen molar-refractivity contribution in [3.8, 4) is 5.75 Å². The largest absolute Gasteiger partial charge is 0.493 e. The fourth-order valence-electron chi connectivity index (χ4n) is 3.04. The van der Waals surface area contributed by atoms with Crippen molar-refractivity contribution in [3.63, 3.8) is 0 Å². The quantitative estimate of drug-likeness (QED) is 0.903. The Morgan fingerprint density at radius 3 is 2.75 bits per heavy atom. The summed E-state index contributed by atoms with van der Waals surface area (Å²) in [6.45, 7) is 4.95. The molecule has 0 radical (unpaired) electrons. The highest BCUT2D eigenvalue weighted by Crippen LogP contribution is 2.33. The van der Waals surface area contributed by atoms with Gasteiger partial charge in [0.25, 0.3) is 0 Å². The van der Waals surface area contributed by atoms with Gasteiger partial charge in [0.15, 0.2) is 0 Å². The van der Waals surface area contributed by atoms with Gasteiger partial charge in [0.2, 0.25) is 0 Å². The first-order chi connectivity index (χ1) is 9.65. The minimum absolute atomic E-state index is 0.0314. The van der Waals surface area contributed by atoms with Gasteiger partial charge in [-0.25, -0.2) is 0 Å². The van der Waals surface area contributed by atoms with Crippen molar-refractivity contribution in [1.29, 1.82) is 0 Å². The molecule has 0 saturated carbocycles. The van der Waals surface area contributed by atoms with Gasteiger partial charge in [-0.1, -0.05) is 42.0 Å². The zero-order valence-corrected chi connectivity index (χ0v) is 12.1. The lowest BCUT2D eigenvalue weighted by Crippen LogP contribution is -2.31. The molecular weight excluding hydrogens is 246 g/mol. The predicted octanol–water partition coefficient (Wildman–Crippen LogP) is 3.55. The Morgan fingerprint density at radius 2 is 1.95 bits per heavy atom. The first kappa shape index (κ1) is 13.2. The summed E-state index contributed by atoms with van der Waals surface area (Å²) in [5, 5.41) is 0. The van der Waals surface area contributed by atoms with E-state index < -0.39 is 0 Å². The zero-order valence-electron chi connectivity index (χ0n) is 12.1. The summed E-state index contributed by atoms with van der Waals surface area (Å²) < 4.78 is 5.86. The van der Waals surface area contributed by atoms with Gasteiger partial charge in [-0.15, -0.1) is 0 Å². The molecule has 0 aromatic heterocycles. The molecule has 1 aliphatic heterocycles. The van der Waals surface area contributed by atoms with Gasteiger partial charge in [0.05, 0.1) is 6.61 Å². The number of nitrogens with two attached hydrogens (primary N) is 1. The molecule has 2 aromatic rings. The molecule has 1 aliphatic rings. The van der Waals surface area contributed by atoms with Crippen molar-refractivity contribution in [2.24, 2.45) is 11.7 Å². The van der Waals surface area contributed by atoms with E-state index in [9.17, 15) is 0 Å². The van der Waals surface area contributed by atoms with E-state index >= 15 is 0 Å². The van der Waals surface area contributed by atoms with Gasteiger partial charge in [-0.05, 0) is 43.0 Å². The van der Waals surface area contributed by atoms with E-state index in [0.717, 1.165) is 12.2 Å². The molecule has 2 N–H and O–H groups in total. The van der Waals surface area contributed by atoms with Crippen LogP contribution < -0.4 is 10.5 Å². The fourth-order valence-corrected chi connectivity index (χ4v) is 3.04. The standard InChI is InChI=1S/C18H21NO/c1-12-7-8-16(13(2)9-12)18(19)15-10-14-5-3-4-6-17(14)20-11-15/h3-9,15,18H,10-11,19H2,1-2H3. The maximum Gasteiger partial charge on any atom is 0.122 e. The number of rotatable bonds is 2. The number of benzene rings is 2. The van der Waals surface area contributed by atoms with Crippen LogP contribution in [0.1, 0.15) is 28.3 Å². The van der Waals surface area contributed by atoms with Gasteiger partial charge in [-0.3, -0.25) is 0 Å². The summed E-state index contributed by atoms with van der Waals surface area (Å²) in [5.41, 5.74) is 11.6. The molecule has 0 spiro atoms. The second-order valence-electron chi connectivity index (χ2n) is 5.77. The van der Waals surface area contributed by atoms with E-state index in [0.29, 0.717) is 12.5 Å². The fraction of sp³-hybridized carbons (Fsp3) is 0.333. The van der Waals surface area contributed by atoms with E-state index in [1.807, 2.05) is 12.1 Å². The topological polar surface area (TPSA) is 35.2 Å². The summed E-state index contributed by atoms with van der Waals surface area (Å²) in [6.07, 6.45) is 0.991. The van der Waals surface area contributed by atoms with Crippen LogP contribution >= 0.6 is 0 Å². The zero-order chi connectivity index (χ0) is 14.1. The second-order valence-corrected chi connectivity index (χ2v) is 5.77. The minimum Gasteiger partial charge on any atom is -0.493 e. The maximum absolute atomic E-state index is 6.50. The second kappa shape index (κ2) is 5.29. The van der Waals surface area contributed by atoms with E-state index in [1.165, 1.54) is 22.3 Å². The first-order valence-electron chi connectivity index (χ1n) is 7.18. The smallest absolute Gasteiger partial charge is 0.122 e. The number of aryl methyl sites for hydroxylation is 2. The molecule has 0 amide bonds. The van der Waals surface area contributed by atoms with E-state index in [1.54, 1.807) is 0 Å². The monoisotopic (exact) mass is 267 g/mol. The lowest BCUT2D eigenvalue weighted by atomic mass is 9.85. The van der Waals surface area contributed by atoms with Crippen LogP contribution in [0.25, 0.3) is 0 Å². The molecule has 1 heterocycles. The van der Waals surface area contributed by atoms with Crippen LogP contribution in [0.5, 0.6) is 5.75 Å². The Bertz CT molecular complexity index is 621. The van der Waals surface area contributed by atoms with Gasteiger partial charge in [0, 0.05) is 12.0 Å². The molecule has 2 nitrogen and oxygen atoms in total. The van der Waals surface area contributed by atoms with Crippen molar-refractivity contribution in [3.05, 3.63) is 64.7 Å². The van der Waals surface area contributed by atoms with Gasteiger partial charge >= 0.3 is 0 Å². The van der Waals surface area contributed by atoms with Crippen LogP contribution in [-0.2, 0) is 6.42 Å². The normalized spacial score (nSPS) is 19.1. The average Bonchev–Trinajstić information content (AvgIpc) is 2.46. The molecule has 3 rings (SSSR count). The van der Waals surface area contributed by atoms with Crippen molar-refractivity contribution in [2.75, 3.05) is 6.61 Å². The third kappa shape index (κ3) is 2.44. The van der Waals surface area contributed by atoms with Crippen LogP contribution in [0.15, 0.2) is 42.5 Å². The molecule has 20 heavy (non-hydrogen) atoms. The van der Waals surface area contributed by atoms with Crippen molar-refractivity contribution in [2.45, 2.75) is 26.3 Å². The van der Waals surface area contributed by atoms with Crippen LogP contribution in [0.2, 0.25) is 0 Å². The Labute approximate surface area is 120 Å². The van der Waals surface area contributed by atoms with Crippen molar-refractivity contribution in [1.82, 2.24) is 0 Å². The van der Waals surface area contributed by atoms with Crippen molar-refractivity contribution < 1.29 is 4.74 Å². The number of ether oxygens (including phenoxy) is 1. The van der Waals surface area contributed by atoms with E-state index in [4.69, 9.17) is 10.5 Å². The third-order valence-corrected chi connectivity index (χ3v) is 4.20. The summed E-state index contributed by atoms with van der Waals surface area (Å²) in [4.78, 5) is 0. The average molecular weight is 267 g/mol. The summed E-state index contributed by atoms with van der Waals surface area (Å²) in [6, 6.07) is 14.8. The van der Waals surface area contributed by atoms with Crippen LogP contribution in [0.4, 0.5) is 0 Å². The van der Waals surface area contributed by atoms with Crippen molar-refractivity contribution >= 4 is 0 Å². The third-order valence-electron chi connectivity index (χ3n) is 4.20. The number of para-hydroxylation sites is 1. The Hall–Kier alpha value is -1.80. The number of hydrogen-bond donors (Lipinski definition) is 1. The maximum atomic E-state index is 6.50. The number of hydrogen-bond acceptors (Lipinski definition) is 2. The Balaban J connectivity index is 1.84. The van der Waals surface area contributed by atoms with Gasteiger partial charge in [-0.2, -0.15) is 0 Å². The molecule has 2 aromatic carbocycles. The molecular formula is C18H21NO. The van der Waals surface area contributed by atoms with E-state index in [-0.39, 0.29) is 6.04 Å². The molecule has 2 heteroatoms. The Morgan fingerprint density at radius 1 is 1.15 bits per heavy atom. The number of fused-ring (bicyclic) bond motifs is 1. The molecule has 0 saturated heterocycles. The van der Waals surface area contributed by atoms with Gasteiger partial charge in [0.1, 0.15) is 5.75 Å². The minimum atomic E-state index is 0.0314. The molecule has 0 aliphatic carbocycles. The molecule has 0 bridgehead atoms. The molecule has 104 valence electrons. The Kier molecular flexibility index (Phi) is 3.49. The highest BCUT2D eigenvalue weighted by atomic mass is 16.5. The van der Waals surface area contributed by atoms with Gasteiger partial charge < -0.3 is 10.5 Å². The van der Waals surface area contributed by atoms with Crippen LogP contribution in [0.3, 0.4) is 0 Å². The molecule has 2 atom stereocenters. The first-order valence-corrected chi connectivity index (χ1v) is 7.18.